The van der Waals surface area contributed by atoms with E-state index in [0.29, 0.717) is 11.5 Å². The number of benzene rings is 1. The van der Waals surface area contributed by atoms with E-state index < -0.39 is 0 Å². The maximum Gasteiger partial charge on any atom is 0.208 e. The summed E-state index contributed by atoms with van der Waals surface area (Å²) in [7, 11) is 3.26. The summed E-state index contributed by atoms with van der Waals surface area (Å²) in [5, 5.41) is 10.9. The van der Waals surface area contributed by atoms with Crippen molar-refractivity contribution in [2.45, 2.75) is 24.3 Å². The van der Waals surface area contributed by atoms with Gasteiger partial charge in [0.15, 0.2) is 11.5 Å². The number of thioether (sulfide) groups is 1. The monoisotopic (exact) mass is 362 g/mol. The Morgan fingerprint density at radius 3 is 2.71 bits per heavy atom. The molecule has 0 amide bonds. The number of nitrogens with zero attached hydrogens (tertiary/aromatic N) is 3. The smallest absolute Gasteiger partial charge is 0.208 e. The van der Waals surface area contributed by atoms with Crippen LogP contribution in [0, 0.1) is 0 Å². The van der Waals surface area contributed by atoms with Crippen molar-refractivity contribution in [1.29, 1.82) is 0 Å². The van der Waals surface area contributed by atoms with Crippen LogP contribution in [0.3, 0.4) is 0 Å². The van der Waals surface area contributed by atoms with Crippen LogP contribution in [0.1, 0.15) is 18.4 Å². The van der Waals surface area contributed by atoms with Gasteiger partial charge in [0.25, 0.3) is 0 Å². The second kappa shape index (κ2) is 7.67. The molecule has 126 valence electrons. The molecule has 0 fully saturated rings. The lowest BCUT2D eigenvalue weighted by molar-refractivity contribution is 0.355. The minimum absolute atomic E-state index is 0.703. The number of thiazole rings is 1. The van der Waals surface area contributed by atoms with E-state index in [-0.39, 0.29) is 0 Å². The SMILES string of the molecule is CCc1nc(SCc2csc(-c3ccc(OC)c(OC)c3)n2)n[nH]1. The van der Waals surface area contributed by atoms with Crippen LogP contribution in [-0.4, -0.2) is 34.4 Å². The van der Waals surface area contributed by atoms with E-state index in [1.54, 1.807) is 37.3 Å². The standard InChI is InChI=1S/C16H18N4O2S2/c1-4-14-18-16(20-19-14)24-9-11-8-23-15(17-11)10-5-6-12(21-2)13(7-10)22-3/h5-8H,4,9H2,1-3H3,(H,18,19,20). The zero-order valence-electron chi connectivity index (χ0n) is 13.7. The van der Waals surface area contributed by atoms with E-state index in [1.807, 2.05) is 25.1 Å². The fourth-order valence-electron chi connectivity index (χ4n) is 2.11. The number of nitrogens with one attached hydrogen (secondary N) is 1. The summed E-state index contributed by atoms with van der Waals surface area (Å²) in [6.07, 6.45) is 0.855. The van der Waals surface area contributed by atoms with Crippen molar-refractivity contribution in [3.8, 4) is 22.1 Å². The molecule has 3 aromatic rings. The minimum atomic E-state index is 0.703. The summed E-state index contributed by atoms with van der Waals surface area (Å²) in [6, 6.07) is 5.82. The van der Waals surface area contributed by atoms with Crippen molar-refractivity contribution in [3.05, 3.63) is 35.1 Å². The number of hydrogen-bond acceptors (Lipinski definition) is 7. The number of hydrogen-bond donors (Lipinski definition) is 1. The number of aryl methyl sites for hydroxylation is 1. The Hall–Kier alpha value is -2.06. The first-order valence-electron chi connectivity index (χ1n) is 7.44. The van der Waals surface area contributed by atoms with Gasteiger partial charge >= 0.3 is 0 Å². The number of aromatic amines is 1. The van der Waals surface area contributed by atoms with Crippen molar-refractivity contribution >= 4 is 23.1 Å². The average molecular weight is 362 g/mol. The van der Waals surface area contributed by atoms with E-state index in [2.05, 4.69) is 25.5 Å². The molecule has 0 atom stereocenters. The number of rotatable bonds is 7. The summed E-state index contributed by atoms with van der Waals surface area (Å²) in [5.41, 5.74) is 2.03. The molecule has 24 heavy (non-hydrogen) atoms. The second-order valence-electron chi connectivity index (χ2n) is 4.92. The largest absolute Gasteiger partial charge is 0.493 e. The summed E-state index contributed by atoms with van der Waals surface area (Å²) in [6.45, 7) is 2.05. The highest BCUT2D eigenvalue weighted by atomic mass is 32.2. The van der Waals surface area contributed by atoms with Gasteiger partial charge in [0.05, 0.1) is 19.9 Å². The predicted molar refractivity (Wildman–Crippen MR) is 96.0 cm³/mol. The lowest BCUT2D eigenvalue weighted by atomic mass is 10.2. The van der Waals surface area contributed by atoms with Crippen molar-refractivity contribution in [2.24, 2.45) is 0 Å². The van der Waals surface area contributed by atoms with E-state index in [1.165, 1.54) is 0 Å². The summed E-state index contributed by atoms with van der Waals surface area (Å²) < 4.78 is 10.6. The number of aromatic nitrogens is 4. The van der Waals surface area contributed by atoms with E-state index in [0.717, 1.165) is 39.4 Å². The molecule has 1 N–H and O–H groups in total. The first kappa shape index (κ1) is 16.8. The first-order valence-corrected chi connectivity index (χ1v) is 9.31. The van der Waals surface area contributed by atoms with Crippen molar-refractivity contribution in [3.63, 3.8) is 0 Å². The normalized spacial score (nSPS) is 10.8. The second-order valence-corrected chi connectivity index (χ2v) is 6.72. The number of methoxy groups -OCH3 is 2. The molecule has 2 aromatic heterocycles. The molecule has 0 saturated heterocycles. The Kier molecular flexibility index (Phi) is 5.37. The minimum Gasteiger partial charge on any atom is -0.493 e. The predicted octanol–water partition coefficient (Wildman–Crippen LogP) is 3.80. The maximum atomic E-state index is 5.35. The van der Waals surface area contributed by atoms with Crippen molar-refractivity contribution in [2.75, 3.05) is 14.2 Å². The quantitative estimate of drug-likeness (QED) is 0.645. The Bertz CT molecular complexity index is 816. The van der Waals surface area contributed by atoms with Gasteiger partial charge in [-0.15, -0.1) is 16.4 Å². The van der Waals surface area contributed by atoms with Gasteiger partial charge < -0.3 is 9.47 Å². The molecule has 0 aliphatic heterocycles. The highest BCUT2D eigenvalue weighted by Gasteiger charge is 2.10. The Balaban J connectivity index is 1.71. The molecule has 0 bridgehead atoms. The van der Waals surface area contributed by atoms with Crippen LogP contribution >= 0.6 is 23.1 Å². The van der Waals surface area contributed by atoms with Gasteiger partial charge in [0, 0.05) is 23.1 Å². The van der Waals surface area contributed by atoms with Gasteiger partial charge in [-0.1, -0.05) is 18.7 Å². The topological polar surface area (TPSA) is 72.9 Å². The lowest BCUT2D eigenvalue weighted by Gasteiger charge is -2.08. The molecular formula is C16H18N4O2S2. The van der Waals surface area contributed by atoms with Crippen LogP contribution in [0.15, 0.2) is 28.7 Å². The fourth-order valence-corrected chi connectivity index (χ4v) is 3.75. The van der Waals surface area contributed by atoms with E-state index in [9.17, 15) is 0 Å². The average Bonchev–Trinajstić information content (AvgIpc) is 3.28. The summed E-state index contributed by atoms with van der Waals surface area (Å²) >= 11 is 3.19. The number of ether oxygens (including phenoxy) is 2. The van der Waals surface area contributed by atoms with E-state index in [4.69, 9.17) is 9.47 Å². The zero-order valence-corrected chi connectivity index (χ0v) is 15.3. The molecule has 0 aliphatic rings. The van der Waals surface area contributed by atoms with Crippen LogP contribution in [0.2, 0.25) is 0 Å². The van der Waals surface area contributed by atoms with E-state index >= 15 is 0 Å². The molecule has 3 rings (SSSR count). The molecular weight excluding hydrogens is 344 g/mol. The molecule has 2 heterocycles. The fraction of sp³-hybridized carbons (Fsp3) is 0.312. The first-order chi connectivity index (χ1) is 11.7. The molecule has 0 radical (unpaired) electrons. The maximum absolute atomic E-state index is 5.35. The van der Waals surface area contributed by atoms with Gasteiger partial charge in [-0.25, -0.2) is 9.97 Å². The summed E-state index contributed by atoms with van der Waals surface area (Å²) in [5.74, 6) is 3.06. The zero-order chi connectivity index (χ0) is 16.9. The van der Waals surface area contributed by atoms with Crippen LogP contribution < -0.4 is 9.47 Å². The van der Waals surface area contributed by atoms with Crippen molar-refractivity contribution < 1.29 is 9.47 Å². The van der Waals surface area contributed by atoms with Crippen LogP contribution in [-0.2, 0) is 12.2 Å². The van der Waals surface area contributed by atoms with Crippen molar-refractivity contribution in [1.82, 2.24) is 20.2 Å². The third-order valence-electron chi connectivity index (χ3n) is 3.38. The summed E-state index contributed by atoms with van der Waals surface area (Å²) in [4.78, 5) is 9.08. The molecule has 6 nitrogen and oxygen atoms in total. The number of H-pyrrole nitrogens is 1. The molecule has 0 unspecified atom stereocenters. The third kappa shape index (κ3) is 3.70. The molecule has 1 aromatic carbocycles. The Morgan fingerprint density at radius 2 is 2.00 bits per heavy atom. The van der Waals surface area contributed by atoms with Gasteiger partial charge in [0.2, 0.25) is 5.16 Å². The third-order valence-corrected chi connectivity index (χ3v) is 5.20. The highest BCUT2D eigenvalue weighted by molar-refractivity contribution is 7.98. The van der Waals surface area contributed by atoms with Gasteiger partial charge in [0.1, 0.15) is 10.8 Å². The molecule has 8 heteroatoms. The molecule has 0 aliphatic carbocycles. The van der Waals surface area contributed by atoms with Crippen LogP contribution in [0.4, 0.5) is 0 Å². The Labute approximate surface area is 148 Å². The molecule has 0 saturated carbocycles. The Morgan fingerprint density at radius 1 is 1.17 bits per heavy atom. The van der Waals surface area contributed by atoms with Gasteiger partial charge in [-0.2, -0.15) is 0 Å². The van der Waals surface area contributed by atoms with Gasteiger partial charge in [-0.3, -0.25) is 5.10 Å². The molecule has 0 spiro atoms. The highest BCUT2D eigenvalue weighted by Crippen LogP contribution is 2.34. The van der Waals surface area contributed by atoms with Gasteiger partial charge in [-0.05, 0) is 18.2 Å². The van der Waals surface area contributed by atoms with Crippen LogP contribution in [0.25, 0.3) is 10.6 Å². The lowest BCUT2D eigenvalue weighted by Crippen LogP contribution is -1.91. The van der Waals surface area contributed by atoms with Crippen LogP contribution in [0.5, 0.6) is 11.5 Å².